The molecule has 2 nitrogen and oxygen atoms in total. The van der Waals surface area contributed by atoms with Gasteiger partial charge in [-0.05, 0) is 38.3 Å². The Morgan fingerprint density at radius 1 is 1.23 bits per heavy atom. The van der Waals surface area contributed by atoms with Gasteiger partial charge in [0.25, 0.3) is 0 Å². The highest BCUT2D eigenvalue weighted by Gasteiger charge is 2.45. The van der Waals surface area contributed by atoms with E-state index < -0.39 is 0 Å². The summed E-state index contributed by atoms with van der Waals surface area (Å²) in [4.78, 5) is 2.56. The highest BCUT2D eigenvalue weighted by molar-refractivity contribution is 5.02. The van der Waals surface area contributed by atoms with Gasteiger partial charge in [-0.3, -0.25) is 4.90 Å². The molecule has 0 bridgehead atoms. The van der Waals surface area contributed by atoms with Crippen molar-refractivity contribution in [1.82, 2.24) is 4.90 Å². The van der Waals surface area contributed by atoms with Crippen molar-refractivity contribution >= 4 is 0 Å². The van der Waals surface area contributed by atoms with Gasteiger partial charge in [-0.1, -0.05) is 20.8 Å². The fraction of sp³-hybridized carbons (Fsp3) is 1.00. The fourth-order valence-electron chi connectivity index (χ4n) is 2.68. The third-order valence-electron chi connectivity index (χ3n) is 3.70. The summed E-state index contributed by atoms with van der Waals surface area (Å²) in [5, 5.41) is 0. The van der Waals surface area contributed by atoms with Gasteiger partial charge in [-0.25, -0.2) is 0 Å². The molecule has 0 aromatic carbocycles. The van der Waals surface area contributed by atoms with Crippen molar-refractivity contribution in [3.05, 3.63) is 0 Å². The van der Waals surface area contributed by atoms with Gasteiger partial charge < -0.3 is 5.73 Å². The van der Waals surface area contributed by atoms with Gasteiger partial charge in [0.15, 0.2) is 0 Å². The van der Waals surface area contributed by atoms with Crippen molar-refractivity contribution < 1.29 is 0 Å². The Morgan fingerprint density at radius 3 is 2.00 bits per heavy atom. The van der Waals surface area contributed by atoms with Gasteiger partial charge in [0.05, 0.1) is 0 Å². The van der Waals surface area contributed by atoms with Crippen LogP contribution in [-0.2, 0) is 0 Å². The molecule has 0 spiro atoms. The van der Waals surface area contributed by atoms with Crippen LogP contribution in [0, 0.1) is 5.92 Å². The average Bonchev–Trinajstić information content (AvgIpc) is 2.98. The van der Waals surface area contributed by atoms with Crippen LogP contribution in [0.2, 0.25) is 0 Å². The fourth-order valence-corrected chi connectivity index (χ4v) is 2.68. The van der Waals surface area contributed by atoms with Crippen molar-refractivity contribution in [1.29, 1.82) is 0 Å². The van der Waals surface area contributed by atoms with Crippen molar-refractivity contribution in [2.24, 2.45) is 11.7 Å². The molecule has 0 saturated heterocycles. The molecule has 1 aliphatic carbocycles. The van der Waals surface area contributed by atoms with Crippen molar-refractivity contribution in [3.8, 4) is 0 Å². The minimum Gasteiger partial charge on any atom is -0.329 e. The predicted molar refractivity (Wildman–Crippen MR) is 57.7 cm³/mol. The Kier molecular flexibility index (Phi) is 3.74. The minimum atomic E-state index is 0.323. The molecule has 1 saturated carbocycles. The van der Waals surface area contributed by atoms with Crippen LogP contribution in [0.5, 0.6) is 0 Å². The summed E-state index contributed by atoms with van der Waals surface area (Å²) >= 11 is 0. The Morgan fingerprint density at radius 2 is 1.77 bits per heavy atom. The highest BCUT2D eigenvalue weighted by Crippen LogP contribution is 2.44. The SMILES string of the molecule is CCN(CC)C(CC)(CN)C1CC1. The Bertz CT molecular complexity index is 144. The quantitative estimate of drug-likeness (QED) is 0.682. The van der Waals surface area contributed by atoms with Crippen molar-refractivity contribution in [2.45, 2.75) is 45.6 Å². The Hall–Kier alpha value is -0.0800. The van der Waals surface area contributed by atoms with Crippen LogP contribution in [0.1, 0.15) is 40.0 Å². The molecule has 1 rings (SSSR count). The first-order valence-electron chi connectivity index (χ1n) is 5.70. The zero-order chi connectivity index (χ0) is 9.90. The third kappa shape index (κ3) is 1.89. The van der Waals surface area contributed by atoms with Crippen LogP contribution < -0.4 is 5.73 Å². The first-order valence-corrected chi connectivity index (χ1v) is 5.70. The van der Waals surface area contributed by atoms with Gasteiger partial charge in [0.1, 0.15) is 0 Å². The normalized spacial score (nSPS) is 21.9. The highest BCUT2D eigenvalue weighted by atomic mass is 15.2. The van der Waals surface area contributed by atoms with Crippen molar-refractivity contribution in [2.75, 3.05) is 19.6 Å². The van der Waals surface area contributed by atoms with E-state index in [-0.39, 0.29) is 0 Å². The summed E-state index contributed by atoms with van der Waals surface area (Å²) in [6, 6.07) is 0. The van der Waals surface area contributed by atoms with Gasteiger partial charge in [0, 0.05) is 12.1 Å². The molecule has 0 amide bonds. The van der Waals surface area contributed by atoms with E-state index in [4.69, 9.17) is 5.73 Å². The van der Waals surface area contributed by atoms with E-state index in [0.717, 1.165) is 25.6 Å². The molecule has 0 aromatic heterocycles. The van der Waals surface area contributed by atoms with Crippen LogP contribution in [0.3, 0.4) is 0 Å². The molecule has 1 aliphatic rings. The molecule has 2 heteroatoms. The van der Waals surface area contributed by atoms with E-state index in [1.165, 1.54) is 19.3 Å². The lowest BCUT2D eigenvalue weighted by atomic mass is 9.88. The van der Waals surface area contributed by atoms with Gasteiger partial charge >= 0.3 is 0 Å². The molecular weight excluding hydrogens is 160 g/mol. The number of likely N-dealkylation sites (N-methyl/N-ethyl adjacent to an activating group) is 1. The summed E-state index contributed by atoms with van der Waals surface area (Å²) in [6.45, 7) is 9.87. The average molecular weight is 184 g/mol. The standard InChI is InChI=1S/C11H24N2/c1-4-11(9-12,10-7-8-10)13(5-2)6-3/h10H,4-9,12H2,1-3H3. The maximum atomic E-state index is 5.97. The number of hydrogen-bond donors (Lipinski definition) is 1. The molecule has 2 N–H and O–H groups in total. The second kappa shape index (κ2) is 4.43. The van der Waals surface area contributed by atoms with Crippen LogP contribution in [0.4, 0.5) is 0 Å². The van der Waals surface area contributed by atoms with Crippen LogP contribution in [-0.4, -0.2) is 30.1 Å². The lowest BCUT2D eigenvalue weighted by Gasteiger charge is -2.42. The van der Waals surface area contributed by atoms with E-state index >= 15 is 0 Å². The first-order chi connectivity index (χ1) is 6.25. The molecule has 0 heterocycles. The molecule has 78 valence electrons. The summed E-state index contributed by atoms with van der Waals surface area (Å²) in [6.07, 6.45) is 3.99. The maximum absolute atomic E-state index is 5.97. The largest absolute Gasteiger partial charge is 0.329 e. The number of rotatable bonds is 6. The van der Waals surface area contributed by atoms with E-state index in [1.54, 1.807) is 0 Å². The topological polar surface area (TPSA) is 29.3 Å². The summed E-state index contributed by atoms with van der Waals surface area (Å²) in [5.74, 6) is 0.877. The second-order valence-electron chi connectivity index (χ2n) is 4.11. The zero-order valence-corrected chi connectivity index (χ0v) is 9.34. The first kappa shape index (κ1) is 11.0. The second-order valence-corrected chi connectivity index (χ2v) is 4.11. The van der Waals surface area contributed by atoms with Gasteiger partial charge in [-0.15, -0.1) is 0 Å². The van der Waals surface area contributed by atoms with Gasteiger partial charge in [-0.2, -0.15) is 0 Å². The number of nitrogens with zero attached hydrogens (tertiary/aromatic N) is 1. The summed E-state index contributed by atoms with van der Waals surface area (Å²) in [7, 11) is 0. The van der Waals surface area contributed by atoms with Crippen LogP contribution >= 0.6 is 0 Å². The van der Waals surface area contributed by atoms with E-state index in [0.29, 0.717) is 5.54 Å². The number of hydrogen-bond acceptors (Lipinski definition) is 2. The summed E-state index contributed by atoms with van der Waals surface area (Å²) in [5.41, 5.74) is 6.29. The lowest BCUT2D eigenvalue weighted by Crippen LogP contribution is -2.55. The van der Waals surface area contributed by atoms with Crippen LogP contribution in [0.25, 0.3) is 0 Å². The zero-order valence-electron chi connectivity index (χ0n) is 9.34. The summed E-state index contributed by atoms with van der Waals surface area (Å²) < 4.78 is 0. The maximum Gasteiger partial charge on any atom is 0.0356 e. The molecule has 0 aromatic rings. The molecule has 1 fully saturated rings. The van der Waals surface area contributed by atoms with Crippen LogP contribution in [0.15, 0.2) is 0 Å². The van der Waals surface area contributed by atoms with E-state index in [1.807, 2.05) is 0 Å². The molecule has 1 atom stereocenters. The Labute approximate surface area is 82.5 Å². The molecule has 13 heavy (non-hydrogen) atoms. The van der Waals surface area contributed by atoms with E-state index in [9.17, 15) is 0 Å². The smallest absolute Gasteiger partial charge is 0.0356 e. The monoisotopic (exact) mass is 184 g/mol. The van der Waals surface area contributed by atoms with E-state index in [2.05, 4.69) is 25.7 Å². The molecular formula is C11H24N2. The lowest BCUT2D eigenvalue weighted by molar-refractivity contribution is 0.0794. The molecule has 1 unspecified atom stereocenters. The third-order valence-corrected chi connectivity index (χ3v) is 3.70. The minimum absolute atomic E-state index is 0.323. The number of nitrogens with two attached hydrogens (primary N) is 1. The Balaban J connectivity index is 2.72. The van der Waals surface area contributed by atoms with Gasteiger partial charge in [0.2, 0.25) is 0 Å². The predicted octanol–water partition coefficient (Wildman–Crippen LogP) is 1.85. The molecule has 0 radical (unpaired) electrons. The van der Waals surface area contributed by atoms with Crippen molar-refractivity contribution in [3.63, 3.8) is 0 Å². The molecule has 0 aliphatic heterocycles.